The average molecular weight is 310 g/mol. The van der Waals surface area contributed by atoms with Crippen LogP contribution in [0.5, 0.6) is 0 Å². The van der Waals surface area contributed by atoms with Crippen LogP contribution in [0.2, 0.25) is 0 Å². The van der Waals surface area contributed by atoms with E-state index in [0.717, 1.165) is 0 Å². The molecule has 2 nitrogen and oxygen atoms in total. The fourth-order valence-corrected chi connectivity index (χ4v) is 4.51. The minimum absolute atomic E-state index is 0.567. The number of benzene rings is 2. The molecule has 1 N–H and O–H groups in total. The van der Waals surface area contributed by atoms with E-state index in [-0.39, 0.29) is 0 Å². The molecule has 2 aliphatic heterocycles. The van der Waals surface area contributed by atoms with E-state index in [2.05, 4.69) is 66.5 Å². The van der Waals surface area contributed by atoms with E-state index < -0.39 is 0 Å². The lowest BCUT2D eigenvalue weighted by atomic mass is 9.74. The highest BCUT2D eigenvalue weighted by Crippen LogP contribution is 2.43. The van der Waals surface area contributed by atoms with Crippen molar-refractivity contribution in [2.75, 3.05) is 31.1 Å². The van der Waals surface area contributed by atoms with Crippen LogP contribution in [0.4, 0.5) is 5.69 Å². The van der Waals surface area contributed by atoms with Crippen molar-refractivity contribution < 1.29 is 0 Å². The van der Waals surface area contributed by atoms with E-state index in [1.165, 1.54) is 52.8 Å². The molecule has 2 fully saturated rings. The smallest absolute Gasteiger partial charge is 0.0508 e. The molecule has 2 heterocycles. The number of hydrogen-bond donors (Lipinski definition) is 1. The number of anilines is 1. The third-order valence-corrected chi connectivity index (χ3v) is 6.05. The van der Waals surface area contributed by atoms with Crippen LogP contribution >= 0.6 is 11.8 Å². The molecule has 0 bridgehead atoms. The van der Waals surface area contributed by atoms with Gasteiger partial charge in [-0.2, -0.15) is 0 Å². The van der Waals surface area contributed by atoms with Gasteiger partial charge < -0.3 is 10.2 Å². The van der Waals surface area contributed by atoms with Gasteiger partial charge in [0.05, 0.1) is 5.69 Å². The third-order valence-electron chi connectivity index (χ3n) is 4.81. The maximum atomic E-state index is 3.41. The zero-order valence-electron chi connectivity index (χ0n) is 13.2. The normalized spacial score (nSPS) is 18.9. The zero-order chi connectivity index (χ0) is 15.2. The molecule has 1 spiro atoms. The van der Waals surface area contributed by atoms with Crippen LogP contribution in [0.25, 0.3) is 0 Å². The van der Waals surface area contributed by atoms with Crippen molar-refractivity contribution in [2.24, 2.45) is 5.41 Å². The summed E-state index contributed by atoms with van der Waals surface area (Å²) in [7, 11) is 0. The summed E-state index contributed by atoms with van der Waals surface area (Å²) in [5, 5.41) is 3.41. The molecule has 3 heteroatoms. The Labute approximate surface area is 136 Å². The van der Waals surface area contributed by atoms with Crippen LogP contribution in [0.15, 0.2) is 52.3 Å². The fourth-order valence-electron chi connectivity index (χ4n) is 3.47. The average Bonchev–Trinajstić information content (AvgIpc) is 2.40. The Morgan fingerprint density at radius 1 is 1.00 bits per heavy atom. The molecule has 22 heavy (non-hydrogen) atoms. The standard InChI is InChI=1S/C19H22N2S/c1-14-7-8-17(15(2)9-14)22-18-6-4-3-5-16(18)21-12-19(13-21)10-20-11-19/h3-9,20H,10-13H2,1-2H3. The molecule has 0 aromatic heterocycles. The van der Waals surface area contributed by atoms with Gasteiger partial charge in [0.25, 0.3) is 0 Å². The highest BCUT2D eigenvalue weighted by molar-refractivity contribution is 7.99. The van der Waals surface area contributed by atoms with Gasteiger partial charge in [-0.3, -0.25) is 0 Å². The Morgan fingerprint density at radius 3 is 2.45 bits per heavy atom. The van der Waals surface area contributed by atoms with E-state index in [0.29, 0.717) is 5.41 Å². The van der Waals surface area contributed by atoms with Crippen molar-refractivity contribution in [3.63, 3.8) is 0 Å². The molecular formula is C19H22N2S. The van der Waals surface area contributed by atoms with Crippen LogP contribution in [-0.2, 0) is 0 Å². The molecule has 114 valence electrons. The SMILES string of the molecule is Cc1ccc(Sc2ccccc2N2CC3(CNC3)C2)c(C)c1. The first-order chi connectivity index (χ1) is 10.7. The Hall–Kier alpha value is -1.45. The van der Waals surface area contributed by atoms with Gasteiger partial charge in [0.1, 0.15) is 0 Å². The predicted molar refractivity (Wildman–Crippen MR) is 94.0 cm³/mol. The van der Waals surface area contributed by atoms with Crippen LogP contribution < -0.4 is 10.2 Å². The molecule has 0 saturated carbocycles. The monoisotopic (exact) mass is 310 g/mol. The maximum absolute atomic E-state index is 3.41. The lowest BCUT2D eigenvalue weighted by molar-refractivity contribution is 0.121. The second-order valence-electron chi connectivity index (χ2n) is 6.80. The predicted octanol–water partition coefficient (Wildman–Crippen LogP) is 3.86. The van der Waals surface area contributed by atoms with Crippen LogP contribution in [0.3, 0.4) is 0 Å². The molecule has 2 aliphatic rings. The summed E-state index contributed by atoms with van der Waals surface area (Å²) in [6.45, 7) is 9.14. The lowest BCUT2D eigenvalue weighted by Gasteiger charge is -2.57. The van der Waals surface area contributed by atoms with Crippen molar-refractivity contribution in [3.8, 4) is 0 Å². The first-order valence-corrected chi connectivity index (χ1v) is 8.77. The Balaban J connectivity index is 1.57. The molecule has 2 saturated heterocycles. The van der Waals surface area contributed by atoms with Gasteiger partial charge in [0.2, 0.25) is 0 Å². The number of nitrogens with zero attached hydrogens (tertiary/aromatic N) is 1. The molecular weight excluding hydrogens is 288 g/mol. The number of rotatable bonds is 3. The summed E-state index contributed by atoms with van der Waals surface area (Å²) in [5.74, 6) is 0. The van der Waals surface area contributed by atoms with Crippen molar-refractivity contribution in [2.45, 2.75) is 23.6 Å². The first-order valence-electron chi connectivity index (χ1n) is 7.95. The molecule has 0 atom stereocenters. The van der Waals surface area contributed by atoms with Gasteiger partial charge in [-0.25, -0.2) is 0 Å². The second kappa shape index (κ2) is 5.32. The molecule has 0 amide bonds. The van der Waals surface area contributed by atoms with Gasteiger partial charge in [-0.15, -0.1) is 0 Å². The summed E-state index contributed by atoms with van der Waals surface area (Å²) in [6, 6.07) is 15.6. The second-order valence-corrected chi connectivity index (χ2v) is 7.88. The Kier molecular flexibility index (Phi) is 3.43. The highest BCUT2D eigenvalue weighted by atomic mass is 32.2. The van der Waals surface area contributed by atoms with Crippen molar-refractivity contribution in [1.29, 1.82) is 0 Å². The molecule has 2 aromatic carbocycles. The quantitative estimate of drug-likeness (QED) is 0.926. The van der Waals surface area contributed by atoms with Crippen molar-refractivity contribution in [1.82, 2.24) is 5.32 Å². The fraction of sp³-hybridized carbons (Fsp3) is 0.368. The van der Waals surface area contributed by atoms with E-state index in [1.807, 2.05) is 11.8 Å². The third kappa shape index (κ3) is 2.42. The molecule has 0 unspecified atom stereocenters. The summed E-state index contributed by atoms with van der Waals surface area (Å²) < 4.78 is 0. The van der Waals surface area contributed by atoms with E-state index in [1.54, 1.807) is 0 Å². The molecule has 0 aliphatic carbocycles. The number of para-hydroxylation sites is 1. The van der Waals surface area contributed by atoms with Crippen LogP contribution in [0, 0.1) is 19.3 Å². The van der Waals surface area contributed by atoms with Gasteiger partial charge in [-0.1, -0.05) is 41.6 Å². The molecule has 4 rings (SSSR count). The largest absolute Gasteiger partial charge is 0.369 e. The molecule has 2 aromatic rings. The van der Waals surface area contributed by atoms with Gasteiger partial charge >= 0.3 is 0 Å². The van der Waals surface area contributed by atoms with E-state index >= 15 is 0 Å². The van der Waals surface area contributed by atoms with Gasteiger partial charge in [-0.05, 0) is 37.6 Å². The number of hydrogen-bond acceptors (Lipinski definition) is 3. The summed E-state index contributed by atoms with van der Waals surface area (Å²) in [5.41, 5.74) is 4.66. The topological polar surface area (TPSA) is 15.3 Å². The highest BCUT2D eigenvalue weighted by Gasteiger charge is 2.47. The zero-order valence-corrected chi connectivity index (χ0v) is 14.0. The summed E-state index contributed by atoms with van der Waals surface area (Å²) in [6.07, 6.45) is 0. The summed E-state index contributed by atoms with van der Waals surface area (Å²) >= 11 is 1.90. The Morgan fingerprint density at radius 2 is 1.77 bits per heavy atom. The first kappa shape index (κ1) is 14.2. The van der Waals surface area contributed by atoms with E-state index in [4.69, 9.17) is 0 Å². The van der Waals surface area contributed by atoms with Crippen LogP contribution in [-0.4, -0.2) is 26.2 Å². The van der Waals surface area contributed by atoms with E-state index in [9.17, 15) is 0 Å². The maximum Gasteiger partial charge on any atom is 0.0508 e. The Bertz CT molecular complexity index is 698. The lowest BCUT2D eigenvalue weighted by Crippen LogP contribution is -2.71. The molecule has 0 radical (unpaired) electrons. The van der Waals surface area contributed by atoms with Gasteiger partial charge in [0.15, 0.2) is 0 Å². The number of aryl methyl sites for hydroxylation is 2. The van der Waals surface area contributed by atoms with Crippen molar-refractivity contribution >= 4 is 17.4 Å². The van der Waals surface area contributed by atoms with Gasteiger partial charge in [0, 0.05) is 41.4 Å². The van der Waals surface area contributed by atoms with Crippen molar-refractivity contribution in [3.05, 3.63) is 53.6 Å². The van der Waals surface area contributed by atoms with Crippen LogP contribution in [0.1, 0.15) is 11.1 Å². The summed E-state index contributed by atoms with van der Waals surface area (Å²) in [4.78, 5) is 5.27. The minimum Gasteiger partial charge on any atom is -0.369 e. The minimum atomic E-state index is 0.567. The number of nitrogens with one attached hydrogen (secondary N) is 1.